The fourth-order valence-electron chi connectivity index (χ4n) is 8.11. The maximum Gasteiger partial charge on any atom is 0.222 e. The number of nitrogens with one attached hydrogen (secondary N) is 1. The van der Waals surface area contributed by atoms with Crippen LogP contribution in [0.1, 0.15) is 284 Å². The number of hydrogen-bond acceptors (Lipinski definition) is 4. The van der Waals surface area contributed by atoms with E-state index < -0.39 is 18.2 Å². The predicted octanol–water partition coefficient (Wildman–Crippen LogP) is 14.6. The molecular weight excluding hydrogens is 667 g/mol. The van der Waals surface area contributed by atoms with Crippen LogP contribution >= 0.6 is 0 Å². The standard InChI is InChI=1S/C49H99NO4/c1-3-5-7-9-11-13-15-17-19-20-21-22-23-24-25-26-27-29-31-33-35-37-39-41-43-48(53)47(45-51)50-49(54)44-46(52)42-40-38-36-34-32-30-28-18-16-14-12-10-8-6-4-2/h46-48,51-53H,3-45H2,1-2H3,(H,50,54). The van der Waals surface area contributed by atoms with Crippen LogP contribution < -0.4 is 5.32 Å². The highest BCUT2D eigenvalue weighted by Crippen LogP contribution is 2.18. The zero-order valence-electron chi connectivity index (χ0n) is 36.9. The molecule has 5 nitrogen and oxygen atoms in total. The average Bonchev–Trinajstić information content (AvgIpc) is 3.16. The molecule has 54 heavy (non-hydrogen) atoms. The topological polar surface area (TPSA) is 89.8 Å². The van der Waals surface area contributed by atoms with Crippen LogP contribution in [0, 0.1) is 0 Å². The number of aliphatic hydroxyl groups excluding tert-OH is 3. The molecule has 4 N–H and O–H groups in total. The van der Waals surface area contributed by atoms with Crippen molar-refractivity contribution in [2.24, 2.45) is 0 Å². The first kappa shape index (κ1) is 53.4. The van der Waals surface area contributed by atoms with Crippen molar-refractivity contribution in [1.29, 1.82) is 0 Å². The lowest BCUT2D eigenvalue weighted by Crippen LogP contribution is -2.46. The SMILES string of the molecule is CCCCCCCCCCCCCCCCCCCCCCCCCCC(O)C(CO)NC(=O)CC(O)CCCCCCCCCCCCCCCCC. The Morgan fingerprint density at radius 1 is 0.389 bits per heavy atom. The third-order valence-electron chi connectivity index (χ3n) is 11.9. The lowest BCUT2D eigenvalue weighted by Gasteiger charge is -2.23. The molecule has 0 aromatic rings. The van der Waals surface area contributed by atoms with Crippen LogP contribution in [0.4, 0.5) is 0 Å². The van der Waals surface area contributed by atoms with Gasteiger partial charge in [-0.05, 0) is 12.8 Å². The van der Waals surface area contributed by atoms with Crippen molar-refractivity contribution >= 4 is 5.91 Å². The maximum absolute atomic E-state index is 12.5. The molecule has 0 heterocycles. The van der Waals surface area contributed by atoms with Gasteiger partial charge in [-0.25, -0.2) is 0 Å². The van der Waals surface area contributed by atoms with Gasteiger partial charge in [-0.2, -0.15) is 0 Å². The van der Waals surface area contributed by atoms with E-state index in [1.165, 1.54) is 225 Å². The lowest BCUT2D eigenvalue weighted by molar-refractivity contribution is -0.125. The van der Waals surface area contributed by atoms with E-state index in [9.17, 15) is 20.1 Å². The second kappa shape index (κ2) is 45.1. The summed E-state index contributed by atoms with van der Waals surface area (Å²) in [6, 6.07) is -0.653. The minimum absolute atomic E-state index is 0.0430. The van der Waals surface area contributed by atoms with Crippen LogP contribution in [0.5, 0.6) is 0 Å². The van der Waals surface area contributed by atoms with E-state index in [0.29, 0.717) is 12.8 Å². The van der Waals surface area contributed by atoms with Crippen molar-refractivity contribution in [3.8, 4) is 0 Å². The minimum atomic E-state index is -0.744. The molecule has 1 amide bonds. The average molecular weight is 766 g/mol. The van der Waals surface area contributed by atoms with Gasteiger partial charge in [0.15, 0.2) is 0 Å². The Bertz CT molecular complexity index is 718. The number of hydrogen-bond donors (Lipinski definition) is 4. The van der Waals surface area contributed by atoms with Gasteiger partial charge in [0, 0.05) is 0 Å². The third kappa shape index (κ3) is 41.0. The molecule has 0 saturated heterocycles. The Labute approximate surface area is 338 Å². The number of rotatable bonds is 46. The van der Waals surface area contributed by atoms with Crippen molar-refractivity contribution in [3.63, 3.8) is 0 Å². The molecule has 0 aromatic carbocycles. The Balaban J connectivity index is 3.52. The molecule has 0 aliphatic rings. The van der Waals surface area contributed by atoms with E-state index in [-0.39, 0.29) is 18.9 Å². The molecule has 0 aliphatic heterocycles. The summed E-state index contributed by atoms with van der Waals surface area (Å²) in [4.78, 5) is 12.5. The van der Waals surface area contributed by atoms with Gasteiger partial charge in [-0.3, -0.25) is 4.79 Å². The van der Waals surface area contributed by atoms with E-state index in [1.807, 2.05) is 0 Å². The van der Waals surface area contributed by atoms with Crippen LogP contribution in [0.3, 0.4) is 0 Å². The predicted molar refractivity (Wildman–Crippen MR) is 236 cm³/mol. The zero-order chi connectivity index (χ0) is 39.4. The molecule has 0 rings (SSSR count). The summed E-state index contributed by atoms with van der Waals surface area (Å²) in [5, 5.41) is 33.5. The van der Waals surface area contributed by atoms with E-state index in [4.69, 9.17) is 0 Å². The molecule has 3 atom stereocenters. The molecule has 324 valence electrons. The highest BCUT2D eigenvalue weighted by Gasteiger charge is 2.21. The van der Waals surface area contributed by atoms with Gasteiger partial charge in [0.05, 0.1) is 31.3 Å². The first-order chi connectivity index (χ1) is 26.5. The van der Waals surface area contributed by atoms with Crippen molar-refractivity contribution in [3.05, 3.63) is 0 Å². The largest absolute Gasteiger partial charge is 0.394 e. The summed E-state index contributed by atoms with van der Waals surface area (Å²) in [6.45, 7) is 4.29. The van der Waals surface area contributed by atoms with Gasteiger partial charge >= 0.3 is 0 Å². The number of amides is 1. The van der Waals surface area contributed by atoms with Crippen LogP contribution in [0.2, 0.25) is 0 Å². The fraction of sp³-hybridized carbons (Fsp3) is 0.980. The molecule has 0 aromatic heterocycles. The highest BCUT2D eigenvalue weighted by atomic mass is 16.3. The van der Waals surface area contributed by atoms with Crippen LogP contribution in [0.25, 0.3) is 0 Å². The monoisotopic (exact) mass is 766 g/mol. The normalized spacial score (nSPS) is 13.4. The molecule has 0 radical (unpaired) electrons. The molecular formula is C49H99NO4. The van der Waals surface area contributed by atoms with Crippen molar-refractivity contribution in [2.45, 2.75) is 302 Å². The molecule has 0 fully saturated rings. The Hall–Kier alpha value is -0.650. The van der Waals surface area contributed by atoms with Crippen molar-refractivity contribution < 1.29 is 20.1 Å². The van der Waals surface area contributed by atoms with Crippen LogP contribution in [0.15, 0.2) is 0 Å². The Morgan fingerprint density at radius 3 is 0.889 bits per heavy atom. The van der Waals surface area contributed by atoms with E-state index in [0.717, 1.165) is 25.7 Å². The zero-order valence-corrected chi connectivity index (χ0v) is 36.9. The quantitative estimate of drug-likeness (QED) is 0.0465. The van der Waals surface area contributed by atoms with Crippen molar-refractivity contribution in [1.82, 2.24) is 5.32 Å². The highest BCUT2D eigenvalue weighted by molar-refractivity contribution is 5.76. The molecule has 0 saturated carbocycles. The smallest absolute Gasteiger partial charge is 0.222 e. The number of unbranched alkanes of at least 4 members (excludes halogenated alkanes) is 37. The Kier molecular flexibility index (Phi) is 44.5. The summed E-state index contributed by atoms with van der Waals surface area (Å²) in [5.74, 6) is -0.277. The summed E-state index contributed by atoms with van der Waals surface area (Å²) in [5.41, 5.74) is 0. The van der Waals surface area contributed by atoms with Crippen LogP contribution in [-0.2, 0) is 4.79 Å². The maximum atomic E-state index is 12.5. The van der Waals surface area contributed by atoms with E-state index in [2.05, 4.69) is 19.2 Å². The van der Waals surface area contributed by atoms with E-state index in [1.54, 1.807) is 0 Å². The second-order valence-electron chi connectivity index (χ2n) is 17.4. The molecule has 0 aliphatic carbocycles. The van der Waals surface area contributed by atoms with Gasteiger partial charge in [-0.1, -0.05) is 264 Å². The summed E-state index contributed by atoms with van der Waals surface area (Å²) < 4.78 is 0. The molecule has 3 unspecified atom stereocenters. The number of aliphatic hydroxyl groups is 3. The van der Waals surface area contributed by atoms with Gasteiger partial charge < -0.3 is 20.6 Å². The molecule has 0 bridgehead atoms. The summed E-state index contributed by atoms with van der Waals surface area (Å²) in [7, 11) is 0. The van der Waals surface area contributed by atoms with Gasteiger partial charge in [-0.15, -0.1) is 0 Å². The lowest BCUT2D eigenvalue weighted by atomic mass is 10.0. The number of carbonyl (C=O) groups is 1. The van der Waals surface area contributed by atoms with Gasteiger partial charge in [0.2, 0.25) is 5.91 Å². The van der Waals surface area contributed by atoms with Gasteiger partial charge in [0.25, 0.3) is 0 Å². The summed E-state index contributed by atoms with van der Waals surface area (Å²) in [6.07, 6.45) is 52.3. The Morgan fingerprint density at radius 2 is 0.630 bits per heavy atom. The first-order valence-electron chi connectivity index (χ1n) is 24.8. The fourth-order valence-corrected chi connectivity index (χ4v) is 8.11. The summed E-state index contributed by atoms with van der Waals surface area (Å²) >= 11 is 0. The first-order valence-corrected chi connectivity index (χ1v) is 24.8. The van der Waals surface area contributed by atoms with Crippen LogP contribution in [-0.4, -0.2) is 46.1 Å². The second-order valence-corrected chi connectivity index (χ2v) is 17.4. The molecule has 0 spiro atoms. The third-order valence-corrected chi connectivity index (χ3v) is 11.9. The molecule has 5 heteroatoms. The van der Waals surface area contributed by atoms with Gasteiger partial charge in [0.1, 0.15) is 0 Å². The minimum Gasteiger partial charge on any atom is -0.394 e. The van der Waals surface area contributed by atoms with E-state index >= 15 is 0 Å². The van der Waals surface area contributed by atoms with Crippen molar-refractivity contribution in [2.75, 3.05) is 6.61 Å². The number of carbonyl (C=O) groups excluding carboxylic acids is 1.